The second-order valence-electron chi connectivity index (χ2n) is 6.61. The third kappa shape index (κ3) is 4.67. The summed E-state index contributed by atoms with van der Waals surface area (Å²) in [4.78, 5) is 15.6. The van der Waals surface area contributed by atoms with Crippen LogP contribution in [0.25, 0.3) is 22.0 Å². The monoisotopic (exact) mass is 366 g/mol. The molecule has 0 radical (unpaired) electrons. The van der Waals surface area contributed by atoms with Gasteiger partial charge in [0.25, 0.3) is 5.91 Å². The molecule has 1 aromatic heterocycles. The summed E-state index contributed by atoms with van der Waals surface area (Å²) < 4.78 is 5.20. The molecule has 1 heterocycles. The Bertz CT molecular complexity index is 902. The Hall–Kier alpha value is -2.83. The molecule has 27 heavy (non-hydrogen) atoms. The van der Waals surface area contributed by atoms with Gasteiger partial charge in [0, 0.05) is 23.5 Å². The molecule has 6 nitrogen and oxygen atoms in total. The first kappa shape index (κ1) is 18.9. The molecule has 0 fully saturated rings. The summed E-state index contributed by atoms with van der Waals surface area (Å²) in [5.74, 6) is 0.670. The fourth-order valence-electron chi connectivity index (χ4n) is 3.01. The van der Waals surface area contributed by atoms with Crippen LogP contribution >= 0.6 is 0 Å². The maximum atomic E-state index is 12.4. The Labute approximate surface area is 158 Å². The number of H-pyrrole nitrogens is 1. The number of nitrogens with two attached hydrogens (primary N) is 2. The Balaban J connectivity index is 1.72. The van der Waals surface area contributed by atoms with Crippen LogP contribution in [0.1, 0.15) is 23.3 Å². The molecular formula is C21H26N4O2. The van der Waals surface area contributed by atoms with Gasteiger partial charge in [0.2, 0.25) is 0 Å². The number of nitrogens with one attached hydrogen (secondary N) is 2. The van der Waals surface area contributed by atoms with Crippen molar-refractivity contribution in [3.05, 3.63) is 54.2 Å². The van der Waals surface area contributed by atoms with Crippen molar-refractivity contribution in [2.24, 2.45) is 11.5 Å². The third-order valence-corrected chi connectivity index (χ3v) is 4.59. The molecule has 0 aliphatic carbocycles. The van der Waals surface area contributed by atoms with Crippen LogP contribution in [-0.4, -0.2) is 37.1 Å². The predicted molar refractivity (Wildman–Crippen MR) is 109 cm³/mol. The van der Waals surface area contributed by atoms with E-state index in [0.717, 1.165) is 40.6 Å². The fourth-order valence-corrected chi connectivity index (χ4v) is 3.01. The highest BCUT2D eigenvalue weighted by molar-refractivity contribution is 5.98. The van der Waals surface area contributed by atoms with E-state index in [1.54, 1.807) is 7.11 Å². The second-order valence-corrected chi connectivity index (χ2v) is 6.61. The molecule has 2 aromatic carbocycles. The van der Waals surface area contributed by atoms with E-state index >= 15 is 0 Å². The number of aromatic amines is 1. The van der Waals surface area contributed by atoms with Gasteiger partial charge in [-0.15, -0.1) is 0 Å². The molecular weight excluding hydrogens is 340 g/mol. The maximum absolute atomic E-state index is 12.4. The van der Waals surface area contributed by atoms with Crippen LogP contribution in [0.5, 0.6) is 5.75 Å². The van der Waals surface area contributed by atoms with Gasteiger partial charge in [0.15, 0.2) is 0 Å². The minimum atomic E-state index is -0.152. The molecule has 3 aromatic rings. The van der Waals surface area contributed by atoms with Crippen molar-refractivity contribution < 1.29 is 9.53 Å². The lowest BCUT2D eigenvalue weighted by Crippen LogP contribution is -2.37. The molecule has 142 valence electrons. The van der Waals surface area contributed by atoms with E-state index in [-0.39, 0.29) is 11.9 Å². The number of benzene rings is 2. The van der Waals surface area contributed by atoms with E-state index in [9.17, 15) is 4.79 Å². The largest absolute Gasteiger partial charge is 0.497 e. The zero-order valence-corrected chi connectivity index (χ0v) is 15.5. The van der Waals surface area contributed by atoms with Crippen LogP contribution < -0.4 is 21.5 Å². The van der Waals surface area contributed by atoms with Gasteiger partial charge < -0.3 is 26.5 Å². The van der Waals surface area contributed by atoms with Crippen LogP contribution in [0.4, 0.5) is 0 Å². The van der Waals surface area contributed by atoms with Gasteiger partial charge >= 0.3 is 0 Å². The Morgan fingerprint density at radius 1 is 1.15 bits per heavy atom. The van der Waals surface area contributed by atoms with E-state index < -0.39 is 0 Å². The number of ether oxygens (including phenoxy) is 1. The van der Waals surface area contributed by atoms with Crippen LogP contribution in [0.2, 0.25) is 0 Å². The minimum Gasteiger partial charge on any atom is -0.497 e. The van der Waals surface area contributed by atoms with E-state index in [1.165, 1.54) is 0 Å². The molecule has 0 saturated heterocycles. The van der Waals surface area contributed by atoms with Crippen molar-refractivity contribution in [3.63, 3.8) is 0 Å². The topological polar surface area (TPSA) is 106 Å². The molecule has 0 bridgehead atoms. The number of carbonyl (C=O) groups excluding carboxylic acids is 1. The van der Waals surface area contributed by atoms with Crippen molar-refractivity contribution in [2.45, 2.75) is 18.9 Å². The first-order valence-corrected chi connectivity index (χ1v) is 9.11. The van der Waals surface area contributed by atoms with Crippen molar-refractivity contribution in [1.82, 2.24) is 10.3 Å². The van der Waals surface area contributed by atoms with Gasteiger partial charge in [0.05, 0.1) is 7.11 Å². The van der Waals surface area contributed by atoms with Crippen molar-refractivity contribution >= 4 is 16.8 Å². The number of methoxy groups -OCH3 is 1. The zero-order valence-electron chi connectivity index (χ0n) is 15.5. The van der Waals surface area contributed by atoms with Gasteiger partial charge in [-0.1, -0.05) is 24.3 Å². The number of rotatable bonds is 8. The number of carbonyl (C=O) groups is 1. The average Bonchev–Trinajstić information content (AvgIpc) is 3.14. The third-order valence-electron chi connectivity index (χ3n) is 4.59. The molecule has 0 saturated carbocycles. The van der Waals surface area contributed by atoms with E-state index in [1.807, 2.05) is 48.5 Å². The first-order chi connectivity index (χ1) is 13.1. The van der Waals surface area contributed by atoms with E-state index in [4.69, 9.17) is 16.2 Å². The van der Waals surface area contributed by atoms with Gasteiger partial charge in [-0.05, 0) is 54.8 Å². The molecule has 0 aliphatic heterocycles. The first-order valence-electron chi connectivity index (χ1n) is 9.11. The quantitative estimate of drug-likeness (QED) is 0.492. The summed E-state index contributed by atoms with van der Waals surface area (Å²) in [5.41, 5.74) is 15.1. The lowest BCUT2D eigenvalue weighted by atomic mass is 10.0. The summed E-state index contributed by atoms with van der Waals surface area (Å²) in [5, 5.41) is 3.87. The standard InChI is InChI=1S/C21H26N4O2/c1-27-18-8-6-14(7-9-18)15-4-5-16-12-20(25-19(16)11-15)21(26)24-13-17(23)3-2-10-22/h4-9,11-12,17,25H,2-3,10,13,22-23H2,1H3,(H,24,26)/t17-/m0/s1. The van der Waals surface area contributed by atoms with Crippen LogP contribution in [-0.2, 0) is 0 Å². The molecule has 0 spiro atoms. The summed E-state index contributed by atoms with van der Waals surface area (Å²) in [7, 11) is 1.65. The van der Waals surface area contributed by atoms with Crippen LogP contribution in [0.15, 0.2) is 48.5 Å². The summed E-state index contributed by atoms with van der Waals surface area (Å²) in [6.07, 6.45) is 1.66. The summed E-state index contributed by atoms with van der Waals surface area (Å²) in [6.45, 7) is 1.05. The number of hydrogen-bond acceptors (Lipinski definition) is 4. The molecule has 3 rings (SSSR count). The van der Waals surface area contributed by atoms with Crippen molar-refractivity contribution in [3.8, 4) is 16.9 Å². The molecule has 6 N–H and O–H groups in total. The Morgan fingerprint density at radius 3 is 2.59 bits per heavy atom. The Morgan fingerprint density at radius 2 is 1.89 bits per heavy atom. The molecule has 0 unspecified atom stereocenters. The molecule has 1 amide bonds. The fraction of sp³-hybridized carbons (Fsp3) is 0.286. The van der Waals surface area contributed by atoms with Crippen molar-refractivity contribution in [2.75, 3.05) is 20.2 Å². The Kier molecular flexibility index (Phi) is 6.11. The average molecular weight is 366 g/mol. The van der Waals surface area contributed by atoms with Crippen LogP contribution in [0.3, 0.4) is 0 Å². The zero-order chi connectivity index (χ0) is 19.2. The van der Waals surface area contributed by atoms with E-state index in [2.05, 4.69) is 10.3 Å². The van der Waals surface area contributed by atoms with Gasteiger partial charge in [-0.3, -0.25) is 4.79 Å². The summed E-state index contributed by atoms with van der Waals surface area (Å²) >= 11 is 0. The molecule has 0 aliphatic rings. The lowest BCUT2D eigenvalue weighted by Gasteiger charge is -2.11. The highest BCUT2D eigenvalue weighted by atomic mass is 16.5. The highest BCUT2D eigenvalue weighted by Gasteiger charge is 2.11. The van der Waals surface area contributed by atoms with Gasteiger partial charge in [-0.2, -0.15) is 0 Å². The maximum Gasteiger partial charge on any atom is 0.267 e. The number of hydrogen-bond donors (Lipinski definition) is 4. The normalized spacial score (nSPS) is 12.1. The van der Waals surface area contributed by atoms with Gasteiger partial charge in [-0.25, -0.2) is 0 Å². The minimum absolute atomic E-state index is 0.0800. The number of amides is 1. The molecule has 1 atom stereocenters. The number of fused-ring (bicyclic) bond motifs is 1. The summed E-state index contributed by atoms with van der Waals surface area (Å²) in [6, 6.07) is 15.8. The smallest absolute Gasteiger partial charge is 0.267 e. The van der Waals surface area contributed by atoms with Gasteiger partial charge in [0.1, 0.15) is 11.4 Å². The number of aromatic nitrogens is 1. The highest BCUT2D eigenvalue weighted by Crippen LogP contribution is 2.26. The lowest BCUT2D eigenvalue weighted by molar-refractivity contribution is 0.0946. The predicted octanol–water partition coefficient (Wildman–Crippen LogP) is 2.64. The SMILES string of the molecule is COc1ccc(-c2ccc3cc(C(=O)NC[C@@H](N)CCCN)[nH]c3c2)cc1. The molecule has 6 heteroatoms. The second kappa shape index (κ2) is 8.70. The van der Waals surface area contributed by atoms with Crippen molar-refractivity contribution in [1.29, 1.82) is 0 Å². The van der Waals surface area contributed by atoms with Crippen LogP contribution in [0, 0.1) is 0 Å². The van der Waals surface area contributed by atoms with E-state index in [0.29, 0.717) is 18.8 Å².